The summed E-state index contributed by atoms with van der Waals surface area (Å²) in [6.45, 7) is 0.270. The van der Waals surface area contributed by atoms with Gasteiger partial charge in [-0.05, 0) is 23.8 Å². The van der Waals surface area contributed by atoms with E-state index in [0.29, 0.717) is 0 Å². The van der Waals surface area contributed by atoms with Crippen LogP contribution in [0.2, 0.25) is 0 Å². The molecule has 0 unspecified atom stereocenters. The highest BCUT2D eigenvalue weighted by molar-refractivity contribution is 5.71. The van der Waals surface area contributed by atoms with Crippen molar-refractivity contribution in [2.24, 2.45) is 0 Å². The molecule has 2 heteroatoms. The molecule has 0 amide bonds. The minimum absolute atomic E-state index is 0.270. The van der Waals surface area contributed by atoms with Crippen LogP contribution in [0.5, 0.6) is 5.75 Å². The Morgan fingerprint density at radius 3 is 2.47 bits per heavy atom. The highest BCUT2D eigenvalue weighted by Crippen LogP contribution is 2.30. The number of hydrogen-bond acceptors (Lipinski definition) is 2. The van der Waals surface area contributed by atoms with Crippen molar-refractivity contribution in [2.45, 2.75) is 0 Å². The summed E-state index contributed by atoms with van der Waals surface area (Å²) in [4.78, 5) is 0. The molecule has 0 atom stereocenters. The Morgan fingerprint density at radius 1 is 1.06 bits per heavy atom. The van der Waals surface area contributed by atoms with Crippen LogP contribution in [0, 0.1) is 12.3 Å². The monoisotopic (exact) mass is 223 g/mol. The Hall–Kier alpha value is -2.40. The largest absolute Gasteiger partial charge is 0.480 e. The van der Waals surface area contributed by atoms with Gasteiger partial charge in [0, 0.05) is 11.3 Å². The van der Waals surface area contributed by atoms with Crippen LogP contribution in [-0.2, 0) is 0 Å². The number of nitrogens with two attached hydrogens (primary N) is 1. The summed E-state index contributed by atoms with van der Waals surface area (Å²) < 4.78 is 5.50. The molecule has 0 heterocycles. The van der Waals surface area contributed by atoms with Crippen molar-refractivity contribution >= 4 is 5.69 Å². The standard InChI is InChI=1S/C15H13NO/c1-2-11-17-15-6-4-3-5-14(15)12-7-9-13(16)10-8-12/h1,3-10H,11,16H2. The first kappa shape index (κ1) is 11.1. The van der Waals surface area contributed by atoms with Crippen LogP contribution in [0.15, 0.2) is 48.5 Å². The molecule has 0 aliphatic rings. The van der Waals surface area contributed by atoms with E-state index >= 15 is 0 Å². The Bertz CT molecular complexity index is 538. The zero-order valence-corrected chi connectivity index (χ0v) is 9.39. The summed E-state index contributed by atoms with van der Waals surface area (Å²) in [5, 5.41) is 0. The average Bonchev–Trinajstić information content (AvgIpc) is 2.38. The zero-order valence-electron chi connectivity index (χ0n) is 9.39. The van der Waals surface area contributed by atoms with Gasteiger partial charge in [-0.2, -0.15) is 0 Å². The molecule has 0 radical (unpaired) electrons. The second-order valence-corrected chi connectivity index (χ2v) is 3.61. The Balaban J connectivity index is 2.37. The highest BCUT2D eigenvalue weighted by Gasteiger charge is 2.04. The minimum Gasteiger partial charge on any atom is -0.480 e. The van der Waals surface area contributed by atoms with Gasteiger partial charge in [0.2, 0.25) is 0 Å². The van der Waals surface area contributed by atoms with Crippen LogP contribution < -0.4 is 10.5 Å². The van der Waals surface area contributed by atoms with Gasteiger partial charge in [0.1, 0.15) is 12.4 Å². The number of anilines is 1. The number of rotatable bonds is 3. The maximum atomic E-state index is 5.67. The first-order chi connectivity index (χ1) is 8.31. The first-order valence-corrected chi connectivity index (χ1v) is 5.32. The fraction of sp³-hybridized carbons (Fsp3) is 0.0667. The van der Waals surface area contributed by atoms with Crippen molar-refractivity contribution in [2.75, 3.05) is 12.3 Å². The molecule has 2 aromatic rings. The van der Waals surface area contributed by atoms with Crippen molar-refractivity contribution in [3.05, 3.63) is 48.5 Å². The molecule has 17 heavy (non-hydrogen) atoms. The molecule has 0 saturated carbocycles. The van der Waals surface area contributed by atoms with Crippen LogP contribution in [0.25, 0.3) is 11.1 Å². The zero-order chi connectivity index (χ0) is 12.1. The van der Waals surface area contributed by atoms with Crippen molar-refractivity contribution in [3.63, 3.8) is 0 Å². The van der Waals surface area contributed by atoms with E-state index < -0.39 is 0 Å². The summed E-state index contributed by atoms with van der Waals surface area (Å²) in [6.07, 6.45) is 5.19. The topological polar surface area (TPSA) is 35.2 Å². The molecule has 0 saturated heterocycles. The lowest BCUT2D eigenvalue weighted by Crippen LogP contribution is -1.95. The molecule has 0 bridgehead atoms. The Morgan fingerprint density at radius 2 is 1.76 bits per heavy atom. The van der Waals surface area contributed by atoms with Crippen LogP contribution in [0.1, 0.15) is 0 Å². The van der Waals surface area contributed by atoms with E-state index in [0.717, 1.165) is 22.6 Å². The fourth-order valence-electron chi connectivity index (χ4n) is 1.61. The molecular formula is C15H13NO. The molecule has 0 aliphatic heterocycles. The quantitative estimate of drug-likeness (QED) is 0.641. The lowest BCUT2D eigenvalue weighted by Gasteiger charge is -2.09. The van der Waals surface area contributed by atoms with Crippen molar-refractivity contribution in [3.8, 4) is 29.2 Å². The third kappa shape index (κ3) is 2.59. The fourth-order valence-corrected chi connectivity index (χ4v) is 1.61. The van der Waals surface area contributed by atoms with Crippen molar-refractivity contribution < 1.29 is 4.74 Å². The predicted molar refractivity (Wildman–Crippen MR) is 70.6 cm³/mol. The van der Waals surface area contributed by atoms with Gasteiger partial charge in [-0.3, -0.25) is 0 Å². The number of nitrogen functional groups attached to an aromatic ring is 1. The number of hydrogen-bond donors (Lipinski definition) is 1. The number of terminal acetylenes is 1. The summed E-state index contributed by atoms with van der Waals surface area (Å²) >= 11 is 0. The molecular weight excluding hydrogens is 210 g/mol. The van der Waals surface area contributed by atoms with Gasteiger partial charge in [-0.1, -0.05) is 36.3 Å². The van der Waals surface area contributed by atoms with E-state index in [1.807, 2.05) is 48.5 Å². The van der Waals surface area contributed by atoms with E-state index in [9.17, 15) is 0 Å². The maximum absolute atomic E-state index is 5.67. The van der Waals surface area contributed by atoms with Gasteiger partial charge in [-0.25, -0.2) is 0 Å². The van der Waals surface area contributed by atoms with Gasteiger partial charge in [0.25, 0.3) is 0 Å². The third-order valence-corrected chi connectivity index (χ3v) is 2.42. The molecule has 0 spiro atoms. The van der Waals surface area contributed by atoms with Gasteiger partial charge in [0.15, 0.2) is 0 Å². The molecule has 0 aliphatic carbocycles. The molecule has 84 valence electrons. The predicted octanol–water partition coefficient (Wildman–Crippen LogP) is 2.95. The van der Waals surface area contributed by atoms with Crippen molar-refractivity contribution in [1.29, 1.82) is 0 Å². The Kier molecular flexibility index (Phi) is 3.32. The van der Waals surface area contributed by atoms with E-state index in [4.69, 9.17) is 16.9 Å². The normalized spacial score (nSPS) is 9.59. The molecule has 0 fully saturated rings. The second-order valence-electron chi connectivity index (χ2n) is 3.61. The molecule has 0 aromatic heterocycles. The summed E-state index contributed by atoms with van der Waals surface area (Å²) in [5.41, 5.74) is 8.49. The van der Waals surface area contributed by atoms with Crippen LogP contribution in [0.4, 0.5) is 5.69 Å². The number of ether oxygens (including phenoxy) is 1. The van der Waals surface area contributed by atoms with Crippen LogP contribution in [-0.4, -0.2) is 6.61 Å². The van der Waals surface area contributed by atoms with Gasteiger partial charge in [0.05, 0.1) is 0 Å². The Labute approximate surface area is 101 Å². The van der Waals surface area contributed by atoms with Crippen LogP contribution in [0.3, 0.4) is 0 Å². The van der Waals surface area contributed by atoms with E-state index in [1.165, 1.54) is 0 Å². The third-order valence-electron chi connectivity index (χ3n) is 2.42. The molecule has 2 rings (SSSR count). The first-order valence-electron chi connectivity index (χ1n) is 5.32. The highest BCUT2D eigenvalue weighted by atomic mass is 16.5. The summed E-state index contributed by atoms with van der Waals surface area (Å²) in [6, 6.07) is 15.5. The van der Waals surface area contributed by atoms with Crippen molar-refractivity contribution in [1.82, 2.24) is 0 Å². The minimum atomic E-state index is 0.270. The van der Waals surface area contributed by atoms with Crippen LogP contribution >= 0.6 is 0 Å². The van der Waals surface area contributed by atoms with E-state index in [-0.39, 0.29) is 6.61 Å². The lowest BCUT2D eigenvalue weighted by molar-refractivity contribution is 0.372. The SMILES string of the molecule is C#CCOc1ccccc1-c1ccc(N)cc1. The molecule has 2 aromatic carbocycles. The number of benzene rings is 2. The summed E-state index contributed by atoms with van der Waals surface area (Å²) in [7, 11) is 0. The van der Waals surface area contributed by atoms with Gasteiger partial charge < -0.3 is 10.5 Å². The molecule has 2 nitrogen and oxygen atoms in total. The molecule has 2 N–H and O–H groups in total. The van der Waals surface area contributed by atoms with Gasteiger partial charge >= 0.3 is 0 Å². The van der Waals surface area contributed by atoms with E-state index in [2.05, 4.69) is 5.92 Å². The smallest absolute Gasteiger partial charge is 0.148 e. The van der Waals surface area contributed by atoms with E-state index in [1.54, 1.807) is 0 Å². The summed E-state index contributed by atoms with van der Waals surface area (Å²) in [5.74, 6) is 3.25. The van der Waals surface area contributed by atoms with Gasteiger partial charge in [-0.15, -0.1) is 6.42 Å². The number of para-hydroxylation sites is 1. The second kappa shape index (κ2) is 5.09. The lowest BCUT2D eigenvalue weighted by atomic mass is 10.0. The maximum Gasteiger partial charge on any atom is 0.148 e. The average molecular weight is 223 g/mol.